The third-order valence-corrected chi connectivity index (χ3v) is 3.69. The SMILES string of the molecule is Cc1nn(C2CCCOC2)cc1CNC1CC1. The minimum absolute atomic E-state index is 0.442. The van der Waals surface area contributed by atoms with E-state index in [1.807, 2.05) is 0 Å². The van der Waals surface area contributed by atoms with Crippen molar-refractivity contribution in [1.29, 1.82) is 0 Å². The minimum Gasteiger partial charge on any atom is -0.379 e. The topological polar surface area (TPSA) is 39.1 Å². The summed E-state index contributed by atoms with van der Waals surface area (Å²) in [6.07, 6.45) is 7.22. The van der Waals surface area contributed by atoms with Crippen molar-refractivity contribution < 1.29 is 4.74 Å². The lowest BCUT2D eigenvalue weighted by Gasteiger charge is -2.22. The van der Waals surface area contributed by atoms with Gasteiger partial charge in [-0.3, -0.25) is 4.68 Å². The average Bonchev–Trinajstić information content (AvgIpc) is 3.12. The van der Waals surface area contributed by atoms with Crippen molar-refractivity contribution in [1.82, 2.24) is 15.1 Å². The zero-order valence-electron chi connectivity index (χ0n) is 10.5. The highest BCUT2D eigenvalue weighted by Gasteiger charge is 2.22. The van der Waals surface area contributed by atoms with Gasteiger partial charge in [0.05, 0.1) is 18.3 Å². The molecule has 2 fully saturated rings. The van der Waals surface area contributed by atoms with Gasteiger partial charge < -0.3 is 10.1 Å². The Bertz CT molecular complexity index is 378. The van der Waals surface area contributed by atoms with Gasteiger partial charge in [-0.15, -0.1) is 0 Å². The number of nitrogens with one attached hydrogen (secondary N) is 1. The summed E-state index contributed by atoms with van der Waals surface area (Å²) in [5.74, 6) is 0. The Kier molecular flexibility index (Phi) is 3.16. The molecule has 17 heavy (non-hydrogen) atoms. The fourth-order valence-corrected chi connectivity index (χ4v) is 2.35. The Balaban J connectivity index is 1.65. The number of rotatable bonds is 4. The molecule has 1 saturated carbocycles. The summed E-state index contributed by atoms with van der Waals surface area (Å²) in [7, 11) is 0. The van der Waals surface area contributed by atoms with E-state index in [0.717, 1.165) is 37.9 Å². The van der Waals surface area contributed by atoms with Gasteiger partial charge in [0.2, 0.25) is 0 Å². The van der Waals surface area contributed by atoms with Crippen molar-refractivity contribution in [3.8, 4) is 0 Å². The summed E-state index contributed by atoms with van der Waals surface area (Å²) in [6, 6.07) is 1.20. The number of nitrogens with zero attached hydrogens (tertiary/aromatic N) is 2. The molecule has 2 heterocycles. The van der Waals surface area contributed by atoms with Gasteiger partial charge in [0, 0.05) is 31.0 Å². The molecule has 1 unspecified atom stereocenters. The second-order valence-corrected chi connectivity index (χ2v) is 5.25. The summed E-state index contributed by atoms with van der Waals surface area (Å²) in [6.45, 7) is 4.79. The molecule has 0 radical (unpaired) electrons. The molecule has 1 saturated heterocycles. The summed E-state index contributed by atoms with van der Waals surface area (Å²) in [5, 5.41) is 8.17. The highest BCUT2D eigenvalue weighted by atomic mass is 16.5. The Morgan fingerprint density at radius 3 is 3.06 bits per heavy atom. The van der Waals surface area contributed by atoms with Gasteiger partial charge in [0.15, 0.2) is 0 Å². The Labute approximate surface area is 102 Å². The Morgan fingerprint density at radius 1 is 1.47 bits per heavy atom. The van der Waals surface area contributed by atoms with Crippen LogP contribution in [0.1, 0.15) is 43.0 Å². The van der Waals surface area contributed by atoms with Crippen LogP contribution in [0.25, 0.3) is 0 Å². The van der Waals surface area contributed by atoms with Crippen molar-refractivity contribution in [2.75, 3.05) is 13.2 Å². The van der Waals surface area contributed by atoms with E-state index in [4.69, 9.17) is 4.74 Å². The zero-order chi connectivity index (χ0) is 11.7. The molecule has 4 nitrogen and oxygen atoms in total. The van der Waals surface area contributed by atoms with Gasteiger partial charge in [0.25, 0.3) is 0 Å². The van der Waals surface area contributed by atoms with Crippen LogP contribution < -0.4 is 5.32 Å². The molecule has 0 bridgehead atoms. The van der Waals surface area contributed by atoms with Crippen LogP contribution in [0.3, 0.4) is 0 Å². The van der Waals surface area contributed by atoms with Crippen molar-refractivity contribution in [3.05, 3.63) is 17.5 Å². The number of aryl methyl sites for hydroxylation is 1. The van der Waals surface area contributed by atoms with E-state index in [1.54, 1.807) is 0 Å². The highest BCUT2D eigenvalue weighted by Crippen LogP contribution is 2.22. The van der Waals surface area contributed by atoms with Crippen LogP contribution in [-0.2, 0) is 11.3 Å². The predicted molar refractivity (Wildman–Crippen MR) is 65.9 cm³/mol. The van der Waals surface area contributed by atoms with E-state index in [0.29, 0.717) is 6.04 Å². The fourth-order valence-electron chi connectivity index (χ4n) is 2.35. The maximum atomic E-state index is 5.52. The molecule has 0 aromatic carbocycles. The Morgan fingerprint density at radius 2 is 2.35 bits per heavy atom. The van der Waals surface area contributed by atoms with E-state index in [-0.39, 0.29) is 0 Å². The van der Waals surface area contributed by atoms with Crippen molar-refractivity contribution in [2.24, 2.45) is 0 Å². The lowest BCUT2D eigenvalue weighted by atomic mass is 10.1. The maximum Gasteiger partial charge on any atom is 0.0753 e. The van der Waals surface area contributed by atoms with Crippen LogP contribution in [0.2, 0.25) is 0 Å². The molecule has 1 N–H and O–H groups in total. The summed E-state index contributed by atoms with van der Waals surface area (Å²) >= 11 is 0. The van der Waals surface area contributed by atoms with Crippen LogP contribution in [-0.4, -0.2) is 29.0 Å². The predicted octanol–water partition coefficient (Wildman–Crippen LogP) is 1.80. The summed E-state index contributed by atoms with van der Waals surface area (Å²) < 4.78 is 7.63. The maximum absolute atomic E-state index is 5.52. The smallest absolute Gasteiger partial charge is 0.0753 e. The van der Waals surface area contributed by atoms with E-state index in [2.05, 4.69) is 28.2 Å². The molecule has 3 rings (SSSR count). The number of aromatic nitrogens is 2. The van der Waals surface area contributed by atoms with Crippen LogP contribution in [0, 0.1) is 6.92 Å². The van der Waals surface area contributed by atoms with Crippen LogP contribution in [0.15, 0.2) is 6.20 Å². The third kappa shape index (κ3) is 2.69. The van der Waals surface area contributed by atoms with E-state index >= 15 is 0 Å². The van der Waals surface area contributed by atoms with Gasteiger partial charge in [-0.1, -0.05) is 0 Å². The molecule has 4 heteroatoms. The number of ether oxygens (including phenoxy) is 1. The van der Waals surface area contributed by atoms with Crippen molar-refractivity contribution >= 4 is 0 Å². The van der Waals surface area contributed by atoms with E-state index in [1.165, 1.54) is 24.8 Å². The van der Waals surface area contributed by atoms with Gasteiger partial charge >= 0.3 is 0 Å². The van der Waals surface area contributed by atoms with Gasteiger partial charge in [-0.2, -0.15) is 5.10 Å². The van der Waals surface area contributed by atoms with Crippen molar-refractivity contribution in [2.45, 2.75) is 51.2 Å². The third-order valence-electron chi connectivity index (χ3n) is 3.69. The molecule has 94 valence electrons. The van der Waals surface area contributed by atoms with Crippen LogP contribution >= 0.6 is 0 Å². The standard InChI is InChI=1S/C13H21N3O/c1-10-11(7-14-12-4-5-12)8-16(15-10)13-3-2-6-17-9-13/h8,12-14H,2-7,9H2,1H3. The number of hydrogen-bond donors (Lipinski definition) is 1. The molecule has 1 atom stereocenters. The second kappa shape index (κ2) is 4.78. The van der Waals surface area contributed by atoms with Crippen LogP contribution in [0.4, 0.5) is 0 Å². The van der Waals surface area contributed by atoms with Gasteiger partial charge in [-0.25, -0.2) is 0 Å². The number of hydrogen-bond acceptors (Lipinski definition) is 3. The second-order valence-electron chi connectivity index (χ2n) is 5.25. The average molecular weight is 235 g/mol. The fraction of sp³-hybridized carbons (Fsp3) is 0.769. The first-order chi connectivity index (χ1) is 8.33. The highest BCUT2D eigenvalue weighted by molar-refractivity contribution is 5.16. The van der Waals surface area contributed by atoms with Crippen LogP contribution in [0.5, 0.6) is 0 Å². The molecule has 1 aliphatic heterocycles. The molecular weight excluding hydrogens is 214 g/mol. The quantitative estimate of drug-likeness (QED) is 0.865. The molecule has 0 amide bonds. The minimum atomic E-state index is 0.442. The summed E-state index contributed by atoms with van der Waals surface area (Å²) in [5.41, 5.74) is 2.49. The van der Waals surface area contributed by atoms with E-state index in [9.17, 15) is 0 Å². The molecule has 2 aliphatic rings. The molecule has 1 aromatic heterocycles. The van der Waals surface area contributed by atoms with E-state index < -0.39 is 0 Å². The first kappa shape index (κ1) is 11.2. The Hall–Kier alpha value is -0.870. The first-order valence-electron chi connectivity index (χ1n) is 6.68. The molecule has 1 aromatic rings. The van der Waals surface area contributed by atoms with Gasteiger partial charge in [-0.05, 0) is 32.6 Å². The first-order valence-corrected chi connectivity index (χ1v) is 6.68. The molecule has 1 aliphatic carbocycles. The lowest BCUT2D eigenvalue weighted by molar-refractivity contribution is 0.0548. The van der Waals surface area contributed by atoms with Gasteiger partial charge in [0.1, 0.15) is 0 Å². The zero-order valence-corrected chi connectivity index (χ0v) is 10.5. The largest absolute Gasteiger partial charge is 0.379 e. The molecule has 0 spiro atoms. The monoisotopic (exact) mass is 235 g/mol. The lowest BCUT2D eigenvalue weighted by Crippen LogP contribution is -2.21. The summed E-state index contributed by atoms with van der Waals surface area (Å²) in [4.78, 5) is 0. The normalized spacial score (nSPS) is 25.1. The van der Waals surface area contributed by atoms with Crippen molar-refractivity contribution in [3.63, 3.8) is 0 Å². The molecular formula is C13H21N3O.